The summed E-state index contributed by atoms with van der Waals surface area (Å²) in [7, 11) is 0. The number of aliphatic carboxylic acids is 1. The molecule has 0 spiro atoms. The Bertz CT molecular complexity index is 671. The Morgan fingerprint density at radius 1 is 1.35 bits per heavy atom. The summed E-state index contributed by atoms with van der Waals surface area (Å²) in [6.07, 6.45) is 0.546. The van der Waals surface area contributed by atoms with E-state index in [2.05, 4.69) is 32.9 Å². The Balaban J connectivity index is 2.20. The largest absolute Gasteiger partial charge is 0.481 e. The van der Waals surface area contributed by atoms with E-state index in [1.54, 1.807) is 6.92 Å². The minimum absolute atomic E-state index is 0.354. The molecule has 1 aromatic carbocycles. The van der Waals surface area contributed by atoms with Gasteiger partial charge in [0.05, 0.1) is 11.5 Å². The molecule has 5 atom stereocenters. The minimum Gasteiger partial charge on any atom is -0.481 e. The molecule has 2 N–H and O–H groups in total. The van der Waals surface area contributed by atoms with Gasteiger partial charge in [0, 0.05) is 1.37 Å². The van der Waals surface area contributed by atoms with Crippen molar-refractivity contribution in [2.24, 2.45) is 11.3 Å². The number of benzene rings is 1. The Hall–Kier alpha value is -1.35. The zero-order valence-electron chi connectivity index (χ0n) is 15.5. The van der Waals surface area contributed by atoms with Crippen LogP contribution in [0.2, 0.25) is 0 Å². The second kappa shape index (κ2) is 5.34. The first-order valence-electron chi connectivity index (χ1n) is 9.18. The smallest absolute Gasteiger partial charge is 0.309 e. The summed E-state index contributed by atoms with van der Waals surface area (Å²) in [5.74, 6) is -0.873. The number of aliphatic hydroxyl groups is 1. The van der Waals surface area contributed by atoms with Crippen LogP contribution in [-0.4, -0.2) is 16.2 Å². The van der Waals surface area contributed by atoms with Crippen LogP contribution in [0, 0.1) is 11.3 Å². The van der Waals surface area contributed by atoms with Gasteiger partial charge in [-0.05, 0) is 60.1 Å². The Morgan fingerprint density at radius 2 is 2.04 bits per heavy atom. The highest BCUT2D eigenvalue weighted by atomic mass is 16.4. The van der Waals surface area contributed by atoms with Gasteiger partial charge in [0.15, 0.2) is 0 Å². The van der Waals surface area contributed by atoms with Gasteiger partial charge in [0.2, 0.25) is 0 Å². The van der Waals surface area contributed by atoms with E-state index < -0.39 is 23.9 Å². The molecule has 0 heterocycles. The molecule has 23 heavy (non-hydrogen) atoms. The fraction of sp³-hybridized carbons (Fsp3) is 0.650. The molecule has 3 heteroatoms. The molecule has 1 aromatic rings. The molecule has 1 unspecified atom stereocenters. The monoisotopic (exact) mass is 317 g/mol. The van der Waals surface area contributed by atoms with E-state index in [4.69, 9.17) is 1.37 Å². The molecule has 0 saturated heterocycles. The predicted molar refractivity (Wildman–Crippen MR) is 90.5 cm³/mol. The van der Waals surface area contributed by atoms with Crippen molar-refractivity contribution in [3.8, 4) is 0 Å². The maximum absolute atomic E-state index is 12.0. The van der Waals surface area contributed by atoms with Gasteiger partial charge >= 0.3 is 5.97 Å². The molecule has 3 nitrogen and oxygen atoms in total. The van der Waals surface area contributed by atoms with Crippen LogP contribution in [0.3, 0.4) is 0 Å². The van der Waals surface area contributed by atoms with Crippen molar-refractivity contribution in [2.45, 2.75) is 70.8 Å². The molecule has 0 radical (unpaired) electrons. The number of rotatable bonds is 2. The SMILES string of the molecule is [2H]C1[C@@H](O)c2cc(C(C)C)ccc2[C@@]2(C)CCC[C@@](C)(C(=O)O)[C@H]12. The number of carboxylic acids is 1. The van der Waals surface area contributed by atoms with Gasteiger partial charge in [-0.2, -0.15) is 0 Å². The molecule has 1 saturated carbocycles. The third kappa shape index (κ3) is 2.32. The highest BCUT2D eigenvalue weighted by molar-refractivity contribution is 5.75. The lowest BCUT2D eigenvalue weighted by Crippen LogP contribution is -2.53. The fourth-order valence-electron chi connectivity index (χ4n) is 4.79. The van der Waals surface area contributed by atoms with Crippen LogP contribution in [0.25, 0.3) is 0 Å². The first-order valence-corrected chi connectivity index (χ1v) is 8.61. The van der Waals surface area contributed by atoms with Gasteiger partial charge in [-0.15, -0.1) is 0 Å². The van der Waals surface area contributed by atoms with E-state index >= 15 is 0 Å². The van der Waals surface area contributed by atoms with Crippen molar-refractivity contribution in [2.75, 3.05) is 0 Å². The maximum Gasteiger partial charge on any atom is 0.309 e. The molecular weight excluding hydrogens is 288 g/mol. The molecule has 3 rings (SSSR count). The molecule has 2 aliphatic carbocycles. The van der Waals surface area contributed by atoms with Gasteiger partial charge in [-0.1, -0.05) is 45.4 Å². The average Bonchev–Trinajstić information content (AvgIpc) is 2.52. The number of carbonyl (C=O) groups is 1. The molecule has 2 aliphatic rings. The number of hydrogen-bond acceptors (Lipinski definition) is 2. The van der Waals surface area contributed by atoms with Crippen molar-refractivity contribution < 1.29 is 16.4 Å². The van der Waals surface area contributed by atoms with Gasteiger partial charge in [0.25, 0.3) is 0 Å². The second-order valence-electron chi connectivity index (χ2n) is 8.11. The van der Waals surface area contributed by atoms with Crippen molar-refractivity contribution in [1.29, 1.82) is 0 Å². The zero-order chi connectivity index (χ0) is 17.9. The quantitative estimate of drug-likeness (QED) is 0.850. The molecule has 0 amide bonds. The first kappa shape index (κ1) is 15.2. The van der Waals surface area contributed by atoms with Crippen molar-refractivity contribution in [1.82, 2.24) is 0 Å². The average molecular weight is 317 g/mol. The lowest BCUT2D eigenvalue weighted by Gasteiger charge is -2.54. The summed E-state index contributed by atoms with van der Waals surface area (Å²) >= 11 is 0. The predicted octanol–water partition coefficient (Wildman–Crippen LogP) is 4.40. The van der Waals surface area contributed by atoms with Crippen LogP contribution in [0.1, 0.15) is 83.4 Å². The highest BCUT2D eigenvalue weighted by Gasteiger charge is 2.56. The van der Waals surface area contributed by atoms with Crippen molar-refractivity contribution in [3.63, 3.8) is 0 Å². The van der Waals surface area contributed by atoms with Crippen LogP contribution in [0.5, 0.6) is 0 Å². The summed E-state index contributed by atoms with van der Waals surface area (Å²) in [4.78, 5) is 12.0. The zero-order valence-corrected chi connectivity index (χ0v) is 14.5. The summed E-state index contributed by atoms with van der Waals surface area (Å²) in [6, 6.07) is 6.19. The standard InChI is InChI=1S/C20H28O3/c1-12(2)13-6-7-15-14(10-13)16(21)11-17-19(15,3)8-5-9-20(17,4)18(22)23/h6-7,10,12,16-17,21H,5,8-9,11H2,1-4H3,(H,22,23)/t16-,17-,19-,20-/m1/s1/i11D/t11?,16-,17-,19-,20-. The van der Waals surface area contributed by atoms with Crippen LogP contribution in [-0.2, 0) is 10.2 Å². The molecule has 0 bridgehead atoms. The number of fused-ring (bicyclic) bond motifs is 3. The Morgan fingerprint density at radius 3 is 2.65 bits per heavy atom. The topological polar surface area (TPSA) is 57.5 Å². The second-order valence-corrected chi connectivity index (χ2v) is 8.11. The van der Waals surface area contributed by atoms with Gasteiger partial charge < -0.3 is 10.2 Å². The Labute approximate surface area is 140 Å². The maximum atomic E-state index is 12.0. The fourth-order valence-corrected chi connectivity index (χ4v) is 4.79. The van der Waals surface area contributed by atoms with Gasteiger partial charge in [0.1, 0.15) is 0 Å². The molecule has 0 aromatic heterocycles. The summed E-state index contributed by atoms with van der Waals surface area (Å²) in [6.45, 7) is 8.09. The lowest BCUT2D eigenvalue weighted by molar-refractivity contribution is -0.159. The summed E-state index contributed by atoms with van der Waals surface area (Å²) in [5.41, 5.74) is 1.69. The van der Waals surface area contributed by atoms with E-state index in [0.717, 1.165) is 29.5 Å². The summed E-state index contributed by atoms with van der Waals surface area (Å²) in [5, 5.41) is 20.7. The van der Waals surface area contributed by atoms with Crippen LogP contribution in [0.4, 0.5) is 0 Å². The third-order valence-electron chi connectivity index (χ3n) is 6.30. The molecular formula is C20H28O3. The molecule has 126 valence electrons. The number of carboxylic acid groups (broad SMARTS) is 1. The normalized spacial score (nSPS) is 40.3. The van der Waals surface area contributed by atoms with Crippen LogP contribution in [0.15, 0.2) is 18.2 Å². The van der Waals surface area contributed by atoms with Crippen LogP contribution < -0.4 is 0 Å². The van der Waals surface area contributed by atoms with Gasteiger partial charge in [-0.25, -0.2) is 0 Å². The first-order chi connectivity index (χ1) is 11.1. The van der Waals surface area contributed by atoms with Crippen molar-refractivity contribution in [3.05, 3.63) is 34.9 Å². The summed E-state index contributed by atoms with van der Waals surface area (Å²) < 4.78 is 8.67. The van der Waals surface area contributed by atoms with E-state index in [9.17, 15) is 15.0 Å². The van der Waals surface area contributed by atoms with E-state index in [0.29, 0.717) is 12.3 Å². The minimum atomic E-state index is -0.963. The van der Waals surface area contributed by atoms with Crippen LogP contribution >= 0.6 is 0 Å². The van der Waals surface area contributed by atoms with E-state index in [1.807, 2.05) is 6.07 Å². The molecule has 1 fully saturated rings. The lowest BCUT2D eigenvalue weighted by atomic mass is 9.49. The van der Waals surface area contributed by atoms with E-state index in [-0.39, 0.29) is 11.3 Å². The van der Waals surface area contributed by atoms with E-state index in [1.165, 1.54) is 0 Å². The number of hydrogen-bond donors (Lipinski definition) is 2. The molecule has 0 aliphatic heterocycles. The Kier molecular flexibility index (Phi) is 3.53. The van der Waals surface area contributed by atoms with Gasteiger partial charge in [-0.3, -0.25) is 4.79 Å². The third-order valence-corrected chi connectivity index (χ3v) is 6.30. The van der Waals surface area contributed by atoms with Crippen molar-refractivity contribution >= 4 is 5.97 Å². The highest BCUT2D eigenvalue weighted by Crippen LogP contribution is 2.59. The number of aliphatic hydroxyl groups excluding tert-OH is 1.